The summed E-state index contributed by atoms with van der Waals surface area (Å²) in [7, 11) is 1.72. The number of ether oxygens (including phenoxy) is 1. The molecule has 1 saturated heterocycles. The highest BCUT2D eigenvalue weighted by atomic mass is 16.5. The molecule has 0 spiro atoms. The summed E-state index contributed by atoms with van der Waals surface area (Å²) in [5.74, 6) is 1.75. The molecule has 1 atom stereocenters. The molecule has 1 aliphatic rings. The van der Waals surface area contributed by atoms with Crippen LogP contribution in [0.1, 0.15) is 37.3 Å². The van der Waals surface area contributed by atoms with Gasteiger partial charge in [0.1, 0.15) is 5.75 Å². The predicted octanol–water partition coefficient (Wildman–Crippen LogP) is 3.76. The van der Waals surface area contributed by atoms with Crippen LogP contribution in [0.25, 0.3) is 0 Å². The normalized spacial score (nSPS) is 18.7. The summed E-state index contributed by atoms with van der Waals surface area (Å²) < 4.78 is 7.24. The van der Waals surface area contributed by atoms with E-state index in [0.29, 0.717) is 0 Å². The standard InChI is InChI=1S/C20H29N3O/c1-3-23-16-19(13-21-23)15-22-12-4-5-18(14-22)7-6-17-8-10-20(24-2)11-9-17/h8-11,13,16,18H,3-7,12,14-15H2,1-2H3/t18-/m0/s1. The minimum atomic E-state index is 0.807. The lowest BCUT2D eigenvalue weighted by molar-refractivity contribution is 0.162. The monoisotopic (exact) mass is 327 g/mol. The van der Waals surface area contributed by atoms with Crippen LogP contribution in [0, 0.1) is 5.92 Å². The summed E-state index contributed by atoms with van der Waals surface area (Å²) in [4.78, 5) is 2.60. The van der Waals surface area contributed by atoms with Gasteiger partial charge in [-0.3, -0.25) is 9.58 Å². The summed E-state index contributed by atoms with van der Waals surface area (Å²) in [5.41, 5.74) is 2.75. The highest BCUT2D eigenvalue weighted by Gasteiger charge is 2.20. The van der Waals surface area contributed by atoms with Crippen LogP contribution in [0.3, 0.4) is 0 Å². The van der Waals surface area contributed by atoms with Crippen molar-refractivity contribution in [3.63, 3.8) is 0 Å². The third kappa shape index (κ3) is 4.60. The van der Waals surface area contributed by atoms with Crippen molar-refractivity contribution in [2.45, 2.75) is 45.7 Å². The Kier molecular flexibility index (Phi) is 5.91. The fourth-order valence-corrected chi connectivity index (χ4v) is 3.61. The average molecular weight is 327 g/mol. The van der Waals surface area contributed by atoms with Crippen LogP contribution in [-0.2, 0) is 19.5 Å². The number of aryl methyl sites for hydroxylation is 2. The maximum absolute atomic E-state index is 5.23. The number of hydrogen-bond acceptors (Lipinski definition) is 3. The first-order valence-corrected chi connectivity index (χ1v) is 9.13. The smallest absolute Gasteiger partial charge is 0.118 e. The first-order chi connectivity index (χ1) is 11.8. The molecule has 0 radical (unpaired) electrons. The SMILES string of the molecule is CCn1cc(CN2CCC[C@@H](CCc3ccc(OC)cc3)C2)cn1. The molecule has 0 unspecified atom stereocenters. The van der Waals surface area contributed by atoms with E-state index in [-0.39, 0.29) is 0 Å². The van der Waals surface area contributed by atoms with Gasteiger partial charge in [0.15, 0.2) is 0 Å². The van der Waals surface area contributed by atoms with Crippen molar-refractivity contribution >= 4 is 0 Å². The van der Waals surface area contributed by atoms with E-state index in [4.69, 9.17) is 4.74 Å². The lowest BCUT2D eigenvalue weighted by atomic mass is 9.91. The fraction of sp³-hybridized carbons (Fsp3) is 0.550. The Morgan fingerprint density at radius 2 is 2.04 bits per heavy atom. The third-order valence-corrected chi connectivity index (χ3v) is 5.02. The van der Waals surface area contributed by atoms with E-state index in [1.54, 1.807) is 7.11 Å². The lowest BCUT2D eigenvalue weighted by Gasteiger charge is -2.32. The summed E-state index contributed by atoms with van der Waals surface area (Å²) in [6.07, 6.45) is 9.31. The molecule has 2 heterocycles. The van der Waals surface area contributed by atoms with Gasteiger partial charge in [-0.25, -0.2) is 0 Å². The minimum Gasteiger partial charge on any atom is -0.497 e. The molecule has 130 valence electrons. The van der Waals surface area contributed by atoms with Gasteiger partial charge in [0.25, 0.3) is 0 Å². The molecule has 0 amide bonds. The summed E-state index contributed by atoms with van der Waals surface area (Å²) in [5, 5.41) is 4.39. The van der Waals surface area contributed by atoms with Crippen molar-refractivity contribution in [2.24, 2.45) is 5.92 Å². The molecule has 0 N–H and O–H groups in total. The number of hydrogen-bond donors (Lipinski definition) is 0. The van der Waals surface area contributed by atoms with Gasteiger partial charge < -0.3 is 4.74 Å². The van der Waals surface area contributed by atoms with E-state index in [1.807, 2.05) is 10.9 Å². The summed E-state index contributed by atoms with van der Waals surface area (Å²) in [6.45, 7) is 6.56. The predicted molar refractivity (Wildman–Crippen MR) is 97.2 cm³/mol. The van der Waals surface area contributed by atoms with Crippen molar-refractivity contribution in [2.75, 3.05) is 20.2 Å². The number of methoxy groups -OCH3 is 1. The van der Waals surface area contributed by atoms with Crippen LogP contribution in [0.15, 0.2) is 36.7 Å². The number of likely N-dealkylation sites (tertiary alicyclic amines) is 1. The Balaban J connectivity index is 1.47. The highest BCUT2D eigenvalue weighted by Crippen LogP contribution is 2.23. The molecule has 1 aliphatic heterocycles. The maximum Gasteiger partial charge on any atom is 0.118 e. The Bertz CT molecular complexity index is 620. The Hall–Kier alpha value is -1.81. The number of rotatable bonds is 7. The second-order valence-corrected chi connectivity index (χ2v) is 6.83. The molecule has 3 rings (SSSR count). The molecule has 2 aromatic rings. The van der Waals surface area contributed by atoms with Crippen LogP contribution in [0.2, 0.25) is 0 Å². The van der Waals surface area contributed by atoms with Gasteiger partial charge >= 0.3 is 0 Å². The number of aromatic nitrogens is 2. The van der Waals surface area contributed by atoms with Crippen LogP contribution in [0.5, 0.6) is 5.75 Å². The molecule has 4 nitrogen and oxygen atoms in total. The maximum atomic E-state index is 5.23. The van der Waals surface area contributed by atoms with Crippen LogP contribution in [0.4, 0.5) is 0 Å². The van der Waals surface area contributed by atoms with Crippen molar-refractivity contribution < 1.29 is 4.74 Å². The fourth-order valence-electron chi connectivity index (χ4n) is 3.61. The van der Waals surface area contributed by atoms with Gasteiger partial charge in [0.05, 0.1) is 13.3 Å². The lowest BCUT2D eigenvalue weighted by Crippen LogP contribution is -2.35. The van der Waals surface area contributed by atoms with Gasteiger partial charge in [-0.2, -0.15) is 5.10 Å². The van der Waals surface area contributed by atoms with Crippen LogP contribution >= 0.6 is 0 Å². The largest absolute Gasteiger partial charge is 0.497 e. The van der Waals surface area contributed by atoms with E-state index in [2.05, 4.69) is 47.4 Å². The van der Waals surface area contributed by atoms with E-state index in [0.717, 1.165) is 31.2 Å². The minimum absolute atomic E-state index is 0.807. The zero-order chi connectivity index (χ0) is 16.8. The molecule has 24 heavy (non-hydrogen) atoms. The Morgan fingerprint density at radius 1 is 1.21 bits per heavy atom. The van der Waals surface area contributed by atoms with Crippen LogP contribution in [-0.4, -0.2) is 34.9 Å². The first-order valence-electron chi connectivity index (χ1n) is 9.13. The van der Waals surface area contributed by atoms with Crippen molar-refractivity contribution in [3.05, 3.63) is 47.8 Å². The average Bonchev–Trinajstić information content (AvgIpc) is 3.08. The second-order valence-electron chi connectivity index (χ2n) is 6.83. The number of piperidine rings is 1. The molecule has 0 saturated carbocycles. The molecule has 4 heteroatoms. The summed E-state index contributed by atoms with van der Waals surface area (Å²) in [6, 6.07) is 8.51. The zero-order valence-electron chi connectivity index (χ0n) is 14.9. The van der Waals surface area contributed by atoms with Gasteiger partial charge in [-0.15, -0.1) is 0 Å². The molecule has 1 aromatic heterocycles. The quantitative estimate of drug-likeness (QED) is 0.776. The van der Waals surface area contributed by atoms with Crippen LogP contribution < -0.4 is 4.74 Å². The topological polar surface area (TPSA) is 30.3 Å². The first kappa shape index (κ1) is 17.0. The third-order valence-electron chi connectivity index (χ3n) is 5.02. The van der Waals surface area contributed by atoms with Crippen molar-refractivity contribution in [1.29, 1.82) is 0 Å². The molecule has 0 aliphatic carbocycles. The van der Waals surface area contributed by atoms with Gasteiger partial charge in [0.2, 0.25) is 0 Å². The van der Waals surface area contributed by atoms with Gasteiger partial charge in [-0.05, 0) is 62.8 Å². The van der Waals surface area contributed by atoms with Gasteiger partial charge in [-0.1, -0.05) is 12.1 Å². The second kappa shape index (κ2) is 8.34. The number of benzene rings is 1. The van der Waals surface area contributed by atoms with Gasteiger partial charge in [0, 0.05) is 31.4 Å². The highest BCUT2D eigenvalue weighted by molar-refractivity contribution is 5.27. The van der Waals surface area contributed by atoms with Crippen molar-refractivity contribution in [3.8, 4) is 5.75 Å². The van der Waals surface area contributed by atoms with Crippen molar-refractivity contribution in [1.82, 2.24) is 14.7 Å². The van der Waals surface area contributed by atoms with E-state index in [1.165, 1.54) is 43.5 Å². The Labute approximate surface area is 145 Å². The molecule has 1 aromatic carbocycles. The molecular formula is C20H29N3O. The summed E-state index contributed by atoms with van der Waals surface area (Å²) >= 11 is 0. The van der Waals surface area contributed by atoms with E-state index < -0.39 is 0 Å². The van der Waals surface area contributed by atoms with E-state index in [9.17, 15) is 0 Å². The molecule has 1 fully saturated rings. The zero-order valence-corrected chi connectivity index (χ0v) is 14.9. The van der Waals surface area contributed by atoms with E-state index >= 15 is 0 Å². The Morgan fingerprint density at radius 3 is 2.75 bits per heavy atom. The molecule has 0 bridgehead atoms. The number of nitrogens with zero attached hydrogens (tertiary/aromatic N) is 3. The molecular weight excluding hydrogens is 298 g/mol.